The molecule has 2 aromatic heterocycles. The monoisotopic (exact) mass is 354 g/mol. The molecule has 0 spiro atoms. The van der Waals surface area contributed by atoms with Crippen LogP contribution in [0.15, 0.2) is 36.9 Å². The van der Waals surface area contributed by atoms with E-state index in [2.05, 4.69) is 25.2 Å². The second-order valence-electron chi connectivity index (χ2n) is 7.25. The van der Waals surface area contributed by atoms with E-state index in [1.807, 2.05) is 44.1 Å². The summed E-state index contributed by atoms with van der Waals surface area (Å²) in [6, 6.07) is 5.81. The largest absolute Gasteiger partial charge is 0.363 e. The fourth-order valence-electron chi connectivity index (χ4n) is 3.27. The summed E-state index contributed by atoms with van der Waals surface area (Å²) in [4.78, 5) is 29.7. The van der Waals surface area contributed by atoms with E-state index in [9.17, 15) is 4.79 Å². The highest BCUT2D eigenvalue weighted by Gasteiger charge is 2.38. The molecule has 0 aliphatic carbocycles. The van der Waals surface area contributed by atoms with Crippen LogP contribution in [0.1, 0.15) is 25.3 Å². The molecular formula is C19H26N6O. The van der Waals surface area contributed by atoms with Gasteiger partial charge in [-0.25, -0.2) is 9.97 Å². The Morgan fingerprint density at radius 3 is 2.81 bits per heavy atom. The summed E-state index contributed by atoms with van der Waals surface area (Å²) in [6.07, 6.45) is 6.89. The summed E-state index contributed by atoms with van der Waals surface area (Å²) in [5.74, 6) is 1.82. The maximum absolute atomic E-state index is 12.9. The van der Waals surface area contributed by atoms with Crippen LogP contribution in [0, 0.1) is 5.41 Å². The molecule has 1 aliphatic heterocycles. The van der Waals surface area contributed by atoms with E-state index >= 15 is 0 Å². The number of amides is 1. The Bertz CT molecular complexity index is 751. The van der Waals surface area contributed by atoms with E-state index in [1.165, 1.54) is 0 Å². The molecular weight excluding hydrogens is 328 g/mol. The Balaban J connectivity index is 1.68. The van der Waals surface area contributed by atoms with Gasteiger partial charge in [0.25, 0.3) is 0 Å². The second kappa shape index (κ2) is 7.68. The highest BCUT2D eigenvalue weighted by atomic mass is 16.2. The third kappa shape index (κ3) is 4.09. The maximum Gasteiger partial charge on any atom is 0.227 e. The minimum Gasteiger partial charge on any atom is -0.363 e. The normalized spacial score (nSPS) is 19.9. The standard InChI is InChI=1S/C19H26N6O/c1-19(18(26)21-12-15-5-8-20-9-6-15)7-4-10-25(13-19)17-11-16(24(2)3)22-14-23-17/h5-6,8-9,11,14H,4,7,10,12-13H2,1-3H3,(H,21,26)/t19-/m1/s1. The van der Waals surface area contributed by atoms with Crippen LogP contribution in [0.2, 0.25) is 0 Å². The van der Waals surface area contributed by atoms with Gasteiger partial charge in [0.2, 0.25) is 5.91 Å². The van der Waals surface area contributed by atoms with Gasteiger partial charge in [-0.3, -0.25) is 9.78 Å². The SMILES string of the molecule is CN(C)c1cc(N2CCC[C@@](C)(C(=O)NCc3ccncc3)C2)ncn1. The number of hydrogen-bond acceptors (Lipinski definition) is 6. The second-order valence-corrected chi connectivity index (χ2v) is 7.25. The van der Waals surface area contributed by atoms with Crippen molar-refractivity contribution in [2.24, 2.45) is 5.41 Å². The van der Waals surface area contributed by atoms with Gasteiger partial charge < -0.3 is 15.1 Å². The molecule has 1 N–H and O–H groups in total. The number of nitrogens with one attached hydrogen (secondary N) is 1. The molecule has 1 amide bonds. The molecule has 138 valence electrons. The van der Waals surface area contributed by atoms with Crippen LogP contribution < -0.4 is 15.1 Å². The van der Waals surface area contributed by atoms with Crippen LogP contribution in [0.4, 0.5) is 11.6 Å². The van der Waals surface area contributed by atoms with Gasteiger partial charge in [-0.2, -0.15) is 0 Å². The van der Waals surface area contributed by atoms with Gasteiger partial charge in [-0.05, 0) is 37.5 Å². The van der Waals surface area contributed by atoms with Crippen molar-refractivity contribution in [3.8, 4) is 0 Å². The van der Waals surface area contributed by atoms with Gasteiger partial charge in [0, 0.05) is 52.2 Å². The lowest BCUT2D eigenvalue weighted by molar-refractivity contribution is -0.130. The lowest BCUT2D eigenvalue weighted by Gasteiger charge is -2.40. The van der Waals surface area contributed by atoms with Crippen LogP contribution in [0.5, 0.6) is 0 Å². The molecule has 3 heterocycles. The molecule has 0 radical (unpaired) electrons. The summed E-state index contributed by atoms with van der Waals surface area (Å²) in [5, 5.41) is 3.08. The molecule has 0 aromatic carbocycles. The number of carbonyl (C=O) groups excluding carboxylic acids is 1. The summed E-state index contributed by atoms with van der Waals surface area (Å²) in [5.41, 5.74) is 0.616. The molecule has 1 atom stereocenters. The van der Waals surface area contributed by atoms with Gasteiger partial charge in [0.15, 0.2) is 0 Å². The van der Waals surface area contributed by atoms with E-state index in [0.717, 1.165) is 36.6 Å². The predicted molar refractivity (Wildman–Crippen MR) is 102 cm³/mol. The zero-order chi connectivity index (χ0) is 18.6. The fraction of sp³-hybridized carbons (Fsp3) is 0.474. The molecule has 2 aromatic rings. The summed E-state index contributed by atoms with van der Waals surface area (Å²) >= 11 is 0. The molecule has 7 nitrogen and oxygen atoms in total. The Morgan fingerprint density at radius 1 is 1.31 bits per heavy atom. The first-order valence-corrected chi connectivity index (χ1v) is 8.89. The first-order valence-electron chi connectivity index (χ1n) is 8.89. The fourth-order valence-corrected chi connectivity index (χ4v) is 3.27. The predicted octanol–water partition coefficient (Wildman–Crippen LogP) is 1.86. The van der Waals surface area contributed by atoms with Crippen LogP contribution in [0.25, 0.3) is 0 Å². The van der Waals surface area contributed by atoms with Crippen LogP contribution in [-0.2, 0) is 11.3 Å². The zero-order valence-electron chi connectivity index (χ0n) is 15.6. The summed E-state index contributed by atoms with van der Waals surface area (Å²) in [6.45, 7) is 4.11. The van der Waals surface area contributed by atoms with Crippen molar-refractivity contribution in [3.05, 3.63) is 42.5 Å². The Morgan fingerprint density at radius 2 is 2.08 bits per heavy atom. The minimum atomic E-state index is -0.436. The Kier molecular flexibility index (Phi) is 5.35. The summed E-state index contributed by atoms with van der Waals surface area (Å²) in [7, 11) is 3.91. The number of aromatic nitrogens is 3. The van der Waals surface area contributed by atoms with Crippen LogP contribution >= 0.6 is 0 Å². The van der Waals surface area contributed by atoms with Crippen molar-refractivity contribution in [3.63, 3.8) is 0 Å². The van der Waals surface area contributed by atoms with Crippen molar-refractivity contribution in [1.29, 1.82) is 0 Å². The lowest BCUT2D eigenvalue weighted by atomic mass is 9.81. The molecule has 1 aliphatic rings. The zero-order valence-corrected chi connectivity index (χ0v) is 15.6. The molecule has 26 heavy (non-hydrogen) atoms. The third-order valence-corrected chi connectivity index (χ3v) is 4.87. The molecule has 1 fully saturated rings. The van der Waals surface area contributed by atoms with Gasteiger partial charge in [0.1, 0.15) is 18.0 Å². The first kappa shape index (κ1) is 18.1. The number of piperidine rings is 1. The number of rotatable bonds is 5. The number of nitrogens with zero attached hydrogens (tertiary/aromatic N) is 5. The van der Waals surface area contributed by atoms with Gasteiger partial charge >= 0.3 is 0 Å². The number of hydrogen-bond donors (Lipinski definition) is 1. The minimum absolute atomic E-state index is 0.0842. The van der Waals surface area contributed by atoms with Crippen molar-refractivity contribution in [2.75, 3.05) is 37.0 Å². The Hall–Kier alpha value is -2.70. The van der Waals surface area contributed by atoms with Crippen molar-refractivity contribution >= 4 is 17.5 Å². The number of anilines is 2. The highest BCUT2D eigenvalue weighted by molar-refractivity contribution is 5.83. The van der Waals surface area contributed by atoms with Crippen LogP contribution in [-0.4, -0.2) is 48.0 Å². The van der Waals surface area contributed by atoms with Gasteiger partial charge in [0.05, 0.1) is 5.41 Å². The molecule has 7 heteroatoms. The van der Waals surface area contributed by atoms with E-state index < -0.39 is 5.41 Å². The van der Waals surface area contributed by atoms with Gasteiger partial charge in [-0.15, -0.1) is 0 Å². The van der Waals surface area contributed by atoms with Crippen molar-refractivity contribution in [1.82, 2.24) is 20.3 Å². The highest BCUT2D eigenvalue weighted by Crippen LogP contribution is 2.32. The quantitative estimate of drug-likeness (QED) is 0.883. The molecule has 1 saturated heterocycles. The van der Waals surface area contributed by atoms with E-state index in [4.69, 9.17) is 0 Å². The molecule has 0 bridgehead atoms. The lowest BCUT2D eigenvalue weighted by Crippen LogP contribution is -2.50. The van der Waals surface area contributed by atoms with E-state index in [1.54, 1.807) is 18.7 Å². The third-order valence-electron chi connectivity index (χ3n) is 4.87. The number of pyridine rings is 1. The first-order chi connectivity index (χ1) is 12.5. The summed E-state index contributed by atoms with van der Waals surface area (Å²) < 4.78 is 0. The Labute approximate surface area is 154 Å². The maximum atomic E-state index is 12.9. The molecule has 0 unspecified atom stereocenters. The topological polar surface area (TPSA) is 74.2 Å². The van der Waals surface area contributed by atoms with Crippen LogP contribution in [0.3, 0.4) is 0 Å². The molecule has 0 saturated carbocycles. The van der Waals surface area contributed by atoms with Gasteiger partial charge in [-0.1, -0.05) is 0 Å². The van der Waals surface area contributed by atoms with Crippen molar-refractivity contribution < 1.29 is 4.79 Å². The van der Waals surface area contributed by atoms with Crippen molar-refractivity contribution in [2.45, 2.75) is 26.3 Å². The van der Waals surface area contributed by atoms with E-state index in [-0.39, 0.29) is 5.91 Å². The smallest absolute Gasteiger partial charge is 0.227 e. The average Bonchev–Trinajstić information content (AvgIpc) is 2.67. The van der Waals surface area contributed by atoms with E-state index in [0.29, 0.717) is 13.1 Å². The number of carbonyl (C=O) groups is 1. The average molecular weight is 354 g/mol. The molecule has 3 rings (SSSR count).